The predicted octanol–water partition coefficient (Wildman–Crippen LogP) is 6.36. The first-order chi connectivity index (χ1) is 18.2. The molecular weight excluding hydrogens is 456 g/mol. The monoisotopic (exact) mass is 488 g/mol. The van der Waals surface area contributed by atoms with Gasteiger partial charge in [-0.05, 0) is 50.7 Å². The molecule has 0 unspecified atom stereocenters. The lowest BCUT2D eigenvalue weighted by atomic mass is 9.83. The lowest BCUT2D eigenvalue weighted by Gasteiger charge is -2.35. The van der Waals surface area contributed by atoms with Crippen LogP contribution in [-0.4, -0.2) is 31.4 Å². The molecular formula is C31H32N6. The second kappa shape index (κ2) is 9.27. The highest BCUT2D eigenvalue weighted by Crippen LogP contribution is 2.38. The first kappa shape index (κ1) is 22.4. The van der Waals surface area contributed by atoms with Gasteiger partial charge in [-0.1, -0.05) is 55.0 Å². The smallest absolute Gasteiger partial charge is 0.150 e. The number of nitrogens with one attached hydrogen (secondary N) is 1. The van der Waals surface area contributed by atoms with E-state index in [9.17, 15) is 0 Å². The average molecular weight is 489 g/mol. The summed E-state index contributed by atoms with van der Waals surface area (Å²) in [6.45, 7) is 0. The molecule has 0 bridgehead atoms. The van der Waals surface area contributed by atoms with Crippen LogP contribution < -0.4 is 11.1 Å². The van der Waals surface area contributed by atoms with Gasteiger partial charge in [0.05, 0.1) is 11.2 Å². The van der Waals surface area contributed by atoms with Gasteiger partial charge in [-0.15, -0.1) is 0 Å². The zero-order valence-electron chi connectivity index (χ0n) is 21.0. The number of fused-ring (bicyclic) bond motifs is 2. The summed E-state index contributed by atoms with van der Waals surface area (Å²) in [6, 6.07) is 22.3. The van der Waals surface area contributed by atoms with E-state index >= 15 is 0 Å². The van der Waals surface area contributed by atoms with Gasteiger partial charge < -0.3 is 11.1 Å². The minimum absolute atomic E-state index is 0.422. The van der Waals surface area contributed by atoms with Crippen LogP contribution >= 0.6 is 0 Å². The molecule has 0 amide bonds. The van der Waals surface area contributed by atoms with Crippen LogP contribution in [0, 0.1) is 0 Å². The molecule has 0 aliphatic heterocycles. The number of benzene rings is 2. The maximum absolute atomic E-state index is 6.45. The fourth-order valence-corrected chi connectivity index (χ4v) is 6.04. The minimum atomic E-state index is 0.422. The van der Waals surface area contributed by atoms with Crippen LogP contribution in [0.2, 0.25) is 0 Å². The Labute approximate surface area is 217 Å². The normalized spacial score (nSPS) is 20.3. The van der Waals surface area contributed by atoms with E-state index < -0.39 is 0 Å². The number of nitrogens with zero attached hydrogens (tertiary/aromatic N) is 4. The molecule has 0 saturated heterocycles. The number of pyridine rings is 1. The molecule has 2 aromatic carbocycles. The summed E-state index contributed by atoms with van der Waals surface area (Å²) < 4.78 is 2.18. The van der Waals surface area contributed by atoms with Crippen molar-refractivity contribution in [3.63, 3.8) is 0 Å². The fourth-order valence-electron chi connectivity index (χ4n) is 6.04. The molecule has 2 fully saturated rings. The Morgan fingerprint density at radius 3 is 2.38 bits per heavy atom. The van der Waals surface area contributed by atoms with Gasteiger partial charge in [0.1, 0.15) is 22.9 Å². The quantitative estimate of drug-likeness (QED) is 0.301. The zero-order valence-corrected chi connectivity index (χ0v) is 21.0. The van der Waals surface area contributed by atoms with E-state index in [2.05, 4.69) is 57.2 Å². The van der Waals surface area contributed by atoms with Crippen molar-refractivity contribution < 1.29 is 0 Å². The van der Waals surface area contributed by atoms with E-state index in [0.717, 1.165) is 63.6 Å². The average Bonchev–Trinajstić information content (AvgIpc) is 3.32. The third-order valence-electron chi connectivity index (χ3n) is 8.31. The molecule has 5 aromatic rings. The number of nitrogens with two attached hydrogens (primary N) is 1. The van der Waals surface area contributed by atoms with Gasteiger partial charge in [0.2, 0.25) is 0 Å². The Morgan fingerprint density at radius 1 is 0.811 bits per heavy atom. The van der Waals surface area contributed by atoms with Crippen molar-refractivity contribution in [2.75, 3.05) is 5.73 Å². The SMILES string of the molecule is Nc1nccn2c1c(-c1ccc3ccc(-c4ccccc4)nc3c1)nc2[C@H]1CC[C@H](NC2CCC2)CC1. The van der Waals surface area contributed by atoms with Gasteiger partial charge in [0.25, 0.3) is 0 Å². The molecule has 3 N–H and O–H groups in total. The van der Waals surface area contributed by atoms with E-state index in [1.54, 1.807) is 6.20 Å². The predicted molar refractivity (Wildman–Crippen MR) is 149 cm³/mol. The molecule has 2 aliphatic rings. The molecule has 0 spiro atoms. The van der Waals surface area contributed by atoms with Crippen LogP contribution in [-0.2, 0) is 0 Å². The van der Waals surface area contributed by atoms with Crippen LogP contribution in [0.3, 0.4) is 0 Å². The third kappa shape index (κ3) is 4.15. The Balaban J connectivity index is 1.25. The number of nitrogen functional groups attached to an aromatic ring is 1. The van der Waals surface area contributed by atoms with Crippen LogP contribution in [0.15, 0.2) is 73.1 Å². The Kier molecular flexibility index (Phi) is 5.62. The number of rotatable bonds is 5. The minimum Gasteiger partial charge on any atom is -0.382 e. The summed E-state index contributed by atoms with van der Waals surface area (Å²) in [5, 5.41) is 4.98. The Hall–Kier alpha value is -3.77. The molecule has 186 valence electrons. The highest BCUT2D eigenvalue weighted by atomic mass is 15.1. The van der Waals surface area contributed by atoms with Gasteiger partial charge in [-0.3, -0.25) is 4.40 Å². The van der Waals surface area contributed by atoms with Gasteiger partial charge in [-0.25, -0.2) is 15.0 Å². The van der Waals surface area contributed by atoms with E-state index in [1.807, 2.05) is 24.4 Å². The highest BCUT2D eigenvalue weighted by Gasteiger charge is 2.29. The number of imidazole rings is 1. The molecule has 7 rings (SSSR count). The van der Waals surface area contributed by atoms with E-state index in [-0.39, 0.29) is 0 Å². The van der Waals surface area contributed by atoms with E-state index in [4.69, 9.17) is 15.7 Å². The van der Waals surface area contributed by atoms with Crippen LogP contribution in [0.5, 0.6) is 0 Å². The molecule has 2 aliphatic carbocycles. The van der Waals surface area contributed by atoms with Crippen molar-refractivity contribution in [2.45, 2.75) is 62.9 Å². The van der Waals surface area contributed by atoms with Crippen molar-refractivity contribution in [2.24, 2.45) is 0 Å². The lowest BCUT2D eigenvalue weighted by Crippen LogP contribution is -2.43. The summed E-state index contributed by atoms with van der Waals surface area (Å²) in [5.41, 5.74) is 12.3. The molecule has 6 nitrogen and oxygen atoms in total. The Bertz CT molecular complexity index is 1560. The molecule has 2 saturated carbocycles. The standard InChI is InChI=1S/C31H32N6/c32-30-29-28(23-10-9-21-13-16-26(35-27(21)19-23)20-5-2-1-3-6-20)36-31(37(29)18-17-33-30)22-11-14-25(15-12-22)34-24-7-4-8-24/h1-3,5-6,9-10,13,16-19,22,24-25,34H,4,7-8,11-12,14-15H2,(H2,32,33)/t22-,25-. The zero-order chi connectivity index (χ0) is 24.8. The van der Waals surface area contributed by atoms with Crippen molar-refractivity contribution in [3.05, 3.63) is 78.9 Å². The molecule has 37 heavy (non-hydrogen) atoms. The summed E-state index contributed by atoms with van der Waals surface area (Å²) >= 11 is 0. The maximum atomic E-state index is 6.45. The van der Waals surface area contributed by atoms with Gasteiger partial charge in [-0.2, -0.15) is 0 Å². The third-order valence-corrected chi connectivity index (χ3v) is 8.31. The van der Waals surface area contributed by atoms with Crippen molar-refractivity contribution in [1.29, 1.82) is 0 Å². The second-order valence-corrected chi connectivity index (χ2v) is 10.7. The maximum Gasteiger partial charge on any atom is 0.150 e. The Morgan fingerprint density at radius 2 is 1.59 bits per heavy atom. The number of hydrogen-bond donors (Lipinski definition) is 2. The summed E-state index contributed by atoms with van der Waals surface area (Å²) in [5.74, 6) is 2.04. The van der Waals surface area contributed by atoms with Crippen molar-refractivity contribution in [3.8, 4) is 22.5 Å². The first-order valence-corrected chi connectivity index (χ1v) is 13.6. The molecule has 0 radical (unpaired) electrons. The van der Waals surface area contributed by atoms with E-state index in [1.165, 1.54) is 32.1 Å². The lowest BCUT2D eigenvalue weighted by molar-refractivity contribution is 0.254. The molecule has 6 heteroatoms. The number of aromatic nitrogens is 4. The summed E-state index contributed by atoms with van der Waals surface area (Å²) in [7, 11) is 0. The largest absolute Gasteiger partial charge is 0.382 e. The van der Waals surface area contributed by atoms with Gasteiger partial charge >= 0.3 is 0 Å². The molecule has 3 heterocycles. The number of hydrogen-bond acceptors (Lipinski definition) is 5. The van der Waals surface area contributed by atoms with Crippen LogP contribution in [0.1, 0.15) is 56.7 Å². The summed E-state index contributed by atoms with van der Waals surface area (Å²) in [6.07, 6.45) is 12.6. The first-order valence-electron chi connectivity index (χ1n) is 13.6. The van der Waals surface area contributed by atoms with Gasteiger partial charge in [0.15, 0.2) is 0 Å². The summed E-state index contributed by atoms with van der Waals surface area (Å²) in [4.78, 5) is 14.6. The van der Waals surface area contributed by atoms with Crippen molar-refractivity contribution >= 4 is 22.2 Å². The highest BCUT2D eigenvalue weighted by molar-refractivity contribution is 5.91. The van der Waals surface area contributed by atoms with Crippen LogP contribution in [0.4, 0.5) is 5.82 Å². The molecule has 3 aromatic heterocycles. The molecule has 0 atom stereocenters. The van der Waals surface area contributed by atoms with E-state index in [0.29, 0.717) is 17.8 Å². The second-order valence-electron chi connectivity index (χ2n) is 10.7. The van der Waals surface area contributed by atoms with Crippen LogP contribution in [0.25, 0.3) is 38.9 Å². The van der Waals surface area contributed by atoms with Gasteiger partial charge in [0, 0.05) is 46.9 Å². The van der Waals surface area contributed by atoms with Crippen molar-refractivity contribution in [1.82, 2.24) is 24.7 Å². The topological polar surface area (TPSA) is 81.1 Å². The fraction of sp³-hybridized carbons (Fsp3) is 0.323. The number of anilines is 1.